The van der Waals surface area contributed by atoms with Crippen LogP contribution in [0.15, 0.2) is 0 Å². The highest BCUT2D eigenvalue weighted by Crippen LogP contribution is 2.06. The van der Waals surface area contributed by atoms with Crippen LogP contribution < -0.4 is 5.32 Å². The lowest BCUT2D eigenvalue weighted by molar-refractivity contribution is -0.0322. The molecule has 1 heterocycles. The minimum atomic E-state index is -0.470. The van der Waals surface area contributed by atoms with Gasteiger partial charge < -0.3 is 52.7 Å². The molecule has 1 aliphatic heterocycles. The van der Waals surface area contributed by atoms with Crippen molar-refractivity contribution in [2.45, 2.75) is 18.9 Å². The molecule has 222 valence electrons. The number of piperidine rings is 1. The molecule has 0 aliphatic carbocycles. The van der Waals surface area contributed by atoms with Gasteiger partial charge in [0.25, 0.3) is 0 Å². The van der Waals surface area contributed by atoms with Crippen molar-refractivity contribution in [1.29, 1.82) is 0 Å². The molecular weight excluding hydrogens is 493 g/mol. The van der Waals surface area contributed by atoms with Gasteiger partial charge in [0.15, 0.2) is 0 Å². The van der Waals surface area contributed by atoms with Gasteiger partial charge in [-0.15, -0.1) is 0 Å². The Morgan fingerprint density at radius 2 is 0.676 bits per heavy atom. The Morgan fingerprint density at radius 1 is 0.405 bits per heavy atom. The fourth-order valence-corrected chi connectivity index (χ4v) is 3.15. The van der Waals surface area contributed by atoms with Crippen LogP contribution in [0, 0.1) is 0 Å². The first-order chi connectivity index (χ1) is 18.4. The van der Waals surface area contributed by atoms with Crippen molar-refractivity contribution in [1.82, 2.24) is 5.32 Å². The van der Waals surface area contributed by atoms with E-state index in [0.717, 1.165) is 25.9 Å². The van der Waals surface area contributed by atoms with Crippen LogP contribution in [0.1, 0.15) is 12.8 Å². The van der Waals surface area contributed by atoms with E-state index in [2.05, 4.69) is 5.32 Å². The molecule has 0 aromatic rings. The van der Waals surface area contributed by atoms with Crippen LogP contribution in [-0.4, -0.2) is 151 Å². The summed E-state index contributed by atoms with van der Waals surface area (Å²) in [5.74, 6) is 0. The first-order valence-electron chi connectivity index (χ1n) is 13.5. The van der Waals surface area contributed by atoms with Gasteiger partial charge in [-0.05, 0) is 25.9 Å². The van der Waals surface area contributed by atoms with Crippen molar-refractivity contribution < 1.29 is 51.8 Å². The first kappa shape index (κ1) is 34.5. The molecule has 0 bridgehead atoms. The summed E-state index contributed by atoms with van der Waals surface area (Å²) in [6.07, 6.45) is 2.53. The molecule has 0 saturated carbocycles. The second-order valence-corrected chi connectivity index (χ2v) is 8.02. The van der Waals surface area contributed by atoms with Gasteiger partial charge in [0.2, 0.25) is 0 Å². The maximum Gasteiger partial charge on any atom is 0.113 e. The molecule has 12 heteroatoms. The zero-order chi connectivity index (χ0) is 26.3. The van der Waals surface area contributed by atoms with Gasteiger partial charge in [-0.2, -0.15) is 0 Å². The average molecular weight is 544 g/mol. The summed E-state index contributed by atoms with van der Waals surface area (Å²) in [7, 11) is 0. The minimum absolute atomic E-state index is 0.118. The first-order valence-corrected chi connectivity index (χ1v) is 13.5. The van der Waals surface area contributed by atoms with Crippen LogP contribution in [0.5, 0.6) is 0 Å². The van der Waals surface area contributed by atoms with Gasteiger partial charge in [0, 0.05) is 0 Å². The monoisotopic (exact) mass is 543 g/mol. The normalized spacial score (nSPS) is 14.5. The molecule has 0 spiro atoms. The highest BCUT2D eigenvalue weighted by Gasteiger charge is 2.12. The van der Waals surface area contributed by atoms with Crippen molar-refractivity contribution in [3.63, 3.8) is 0 Å². The summed E-state index contributed by atoms with van der Waals surface area (Å²) in [5, 5.41) is 3.32. The SMILES string of the molecule is FCCOCCOCCOCCOCCOCCOCCOCCOCCOCCOC1CCNCC1. The van der Waals surface area contributed by atoms with Crippen molar-refractivity contribution in [3.8, 4) is 0 Å². The van der Waals surface area contributed by atoms with E-state index >= 15 is 0 Å². The summed E-state index contributed by atoms with van der Waals surface area (Å²) in [5.41, 5.74) is 0. The van der Waals surface area contributed by atoms with Crippen LogP contribution in [0.4, 0.5) is 4.39 Å². The van der Waals surface area contributed by atoms with Gasteiger partial charge >= 0.3 is 0 Å². The zero-order valence-corrected chi connectivity index (χ0v) is 22.5. The summed E-state index contributed by atoms with van der Waals surface area (Å²) < 4.78 is 65.9. The largest absolute Gasteiger partial charge is 0.377 e. The number of nitrogens with one attached hydrogen (secondary N) is 1. The number of hydrogen-bond donors (Lipinski definition) is 1. The van der Waals surface area contributed by atoms with Gasteiger partial charge in [0.1, 0.15) is 6.67 Å². The predicted octanol–water partition coefficient (Wildman–Crippen LogP) is 0.874. The second-order valence-electron chi connectivity index (χ2n) is 8.02. The summed E-state index contributed by atoms with van der Waals surface area (Å²) in [6, 6.07) is 0. The summed E-state index contributed by atoms with van der Waals surface area (Å²) >= 11 is 0. The van der Waals surface area contributed by atoms with Gasteiger partial charge in [-0.3, -0.25) is 0 Å². The Bertz CT molecular complexity index is 436. The Balaban J connectivity index is 1.61. The second kappa shape index (κ2) is 30.0. The highest BCUT2D eigenvalue weighted by atomic mass is 19.1. The highest BCUT2D eigenvalue weighted by molar-refractivity contribution is 4.67. The smallest absolute Gasteiger partial charge is 0.113 e. The van der Waals surface area contributed by atoms with E-state index in [0.29, 0.717) is 125 Å². The molecule has 1 fully saturated rings. The molecule has 0 aromatic carbocycles. The summed E-state index contributed by atoms with van der Waals surface area (Å²) in [4.78, 5) is 0. The lowest BCUT2D eigenvalue weighted by Gasteiger charge is -2.22. The van der Waals surface area contributed by atoms with Crippen molar-refractivity contribution in [3.05, 3.63) is 0 Å². The van der Waals surface area contributed by atoms with Crippen molar-refractivity contribution in [2.24, 2.45) is 0 Å². The topological polar surface area (TPSA) is 104 Å². The standard InChI is InChI=1S/C25H50FNO10/c26-3-6-28-7-8-29-9-10-30-11-12-31-13-14-32-15-16-33-17-18-34-19-20-35-21-22-36-23-24-37-25-1-4-27-5-2-25/h25,27H,1-24H2. The minimum Gasteiger partial charge on any atom is -0.377 e. The molecule has 1 N–H and O–H groups in total. The van der Waals surface area contributed by atoms with E-state index in [1.807, 2.05) is 0 Å². The molecule has 1 saturated heterocycles. The molecule has 0 aromatic heterocycles. The number of rotatable bonds is 30. The van der Waals surface area contributed by atoms with Gasteiger partial charge in [0.05, 0.1) is 132 Å². The van der Waals surface area contributed by atoms with Crippen LogP contribution in [0.2, 0.25) is 0 Å². The quantitative estimate of drug-likeness (QED) is 0.131. The van der Waals surface area contributed by atoms with Crippen LogP contribution in [-0.2, 0) is 47.4 Å². The zero-order valence-electron chi connectivity index (χ0n) is 22.5. The molecule has 1 aliphatic rings. The fourth-order valence-electron chi connectivity index (χ4n) is 3.15. The molecule has 1 rings (SSSR count). The molecule has 0 unspecified atom stereocenters. The van der Waals surface area contributed by atoms with E-state index in [9.17, 15) is 4.39 Å². The third-order valence-corrected chi connectivity index (χ3v) is 5.06. The van der Waals surface area contributed by atoms with Crippen LogP contribution >= 0.6 is 0 Å². The summed E-state index contributed by atoms with van der Waals surface area (Å²) in [6.45, 7) is 11.0. The Labute approximate surface area is 221 Å². The van der Waals surface area contributed by atoms with E-state index in [1.165, 1.54) is 0 Å². The predicted molar refractivity (Wildman–Crippen MR) is 135 cm³/mol. The third kappa shape index (κ3) is 26.9. The van der Waals surface area contributed by atoms with E-state index in [4.69, 9.17) is 47.4 Å². The maximum absolute atomic E-state index is 11.8. The van der Waals surface area contributed by atoms with Gasteiger partial charge in [-0.25, -0.2) is 4.39 Å². The Hall–Kier alpha value is -0.510. The Kier molecular flexibility index (Phi) is 28.0. The van der Waals surface area contributed by atoms with E-state index in [-0.39, 0.29) is 6.61 Å². The molecule has 11 nitrogen and oxygen atoms in total. The fraction of sp³-hybridized carbons (Fsp3) is 1.00. The van der Waals surface area contributed by atoms with E-state index in [1.54, 1.807) is 0 Å². The van der Waals surface area contributed by atoms with Crippen LogP contribution in [0.25, 0.3) is 0 Å². The van der Waals surface area contributed by atoms with Crippen molar-refractivity contribution >= 4 is 0 Å². The number of ether oxygens (including phenoxy) is 10. The number of halogens is 1. The van der Waals surface area contributed by atoms with Crippen molar-refractivity contribution in [2.75, 3.05) is 145 Å². The molecule has 0 atom stereocenters. The number of hydrogen-bond acceptors (Lipinski definition) is 11. The molecule has 0 radical (unpaired) electrons. The molecular formula is C25H50FNO10. The van der Waals surface area contributed by atoms with Crippen LogP contribution in [0.3, 0.4) is 0 Å². The van der Waals surface area contributed by atoms with E-state index < -0.39 is 6.67 Å². The Morgan fingerprint density at radius 3 is 0.973 bits per heavy atom. The lowest BCUT2D eigenvalue weighted by Crippen LogP contribution is -2.33. The van der Waals surface area contributed by atoms with Gasteiger partial charge in [-0.1, -0.05) is 0 Å². The lowest BCUT2D eigenvalue weighted by atomic mass is 10.1. The molecule has 37 heavy (non-hydrogen) atoms. The average Bonchev–Trinajstić information content (AvgIpc) is 2.93. The number of alkyl halides is 1. The maximum atomic E-state index is 11.8. The third-order valence-electron chi connectivity index (χ3n) is 5.06. The molecule has 0 amide bonds.